The number of halogens is 1. The van der Waals surface area contributed by atoms with Crippen molar-refractivity contribution in [1.82, 2.24) is 5.32 Å². The minimum Gasteiger partial charge on any atom is -0.493 e. The SMILES string of the molecule is COc1ccc(CN=C(N)NCC2CCC(C)(C)CC2)cc1OC.I. The zero-order valence-electron chi connectivity index (χ0n) is 15.8. The van der Waals surface area contributed by atoms with Crippen molar-refractivity contribution in [2.75, 3.05) is 20.8 Å². The summed E-state index contributed by atoms with van der Waals surface area (Å²) >= 11 is 0. The van der Waals surface area contributed by atoms with Crippen LogP contribution in [0.2, 0.25) is 0 Å². The second-order valence-electron chi connectivity index (χ2n) is 7.38. The molecular formula is C19H32IN3O2. The van der Waals surface area contributed by atoms with E-state index in [0.717, 1.165) is 17.9 Å². The van der Waals surface area contributed by atoms with Gasteiger partial charge in [0.2, 0.25) is 0 Å². The summed E-state index contributed by atoms with van der Waals surface area (Å²) in [5.74, 6) is 2.64. The molecule has 0 saturated heterocycles. The molecule has 1 saturated carbocycles. The minimum atomic E-state index is 0. The molecule has 1 aromatic rings. The van der Waals surface area contributed by atoms with Gasteiger partial charge in [-0.05, 0) is 54.7 Å². The molecule has 0 atom stereocenters. The van der Waals surface area contributed by atoms with Gasteiger partial charge in [-0.3, -0.25) is 0 Å². The molecule has 1 aromatic carbocycles. The van der Waals surface area contributed by atoms with Crippen LogP contribution in [0.5, 0.6) is 11.5 Å². The van der Waals surface area contributed by atoms with Gasteiger partial charge in [-0.1, -0.05) is 19.9 Å². The third-order valence-electron chi connectivity index (χ3n) is 4.91. The van der Waals surface area contributed by atoms with Crippen LogP contribution in [-0.4, -0.2) is 26.7 Å². The van der Waals surface area contributed by atoms with Crippen molar-refractivity contribution in [3.63, 3.8) is 0 Å². The Morgan fingerprint density at radius 2 is 1.84 bits per heavy atom. The highest BCUT2D eigenvalue weighted by Crippen LogP contribution is 2.37. The molecule has 0 amide bonds. The molecule has 0 bridgehead atoms. The number of nitrogens with one attached hydrogen (secondary N) is 1. The first-order chi connectivity index (χ1) is 11.4. The monoisotopic (exact) mass is 461 g/mol. The van der Waals surface area contributed by atoms with Crippen LogP contribution < -0.4 is 20.5 Å². The summed E-state index contributed by atoms with van der Waals surface area (Å²) < 4.78 is 10.5. The number of guanidine groups is 1. The summed E-state index contributed by atoms with van der Waals surface area (Å²) in [6.07, 6.45) is 5.12. The number of benzene rings is 1. The lowest BCUT2D eigenvalue weighted by atomic mass is 9.73. The molecule has 0 radical (unpaired) electrons. The minimum absolute atomic E-state index is 0. The van der Waals surface area contributed by atoms with Crippen molar-refractivity contribution in [2.24, 2.45) is 22.1 Å². The summed E-state index contributed by atoms with van der Waals surface area (Å²) in [6.45, 7) is 6.15. The third kappa shape index (κ3) is 6.92. The first kappa shape index (κ1) is 21.9. The number of nitrogens with two attached hydrogens (primary N) is 1. The number of hydrogen-bond acceptors (Lipinski definition) is 3. The van der Waals surface area contributed by atoms with Crippen LogP contribution in [0.3, 0.4) is 0 Å². The van der Waals surface area contributed by atoms with Crippen molar-refractivity contribution < 1.29 is 9.47 Å². The lowest BCUT2D eigenvalue weighted by Crippen LogP contribution is -2.37. The summed E-state index contributed by atoms with van der Waals surface area (Å²) in [6, 6.07) is 5.79. The van der Waals surface area contributed by atoms with E-state index in [1.807, 2.05) is 18.2 Å². The van der Waals surface area contributed by atoms with Crippen molar-refractivity contribution in [1.29, 1.82) is 0 Å². The number of hydrogen-bond donors (Lipinski definition) is 2. The summed E-state index contributed by atoms with van der Waals surface area (Å²) in [5, 5.41) is 3.27. The summed E-state index contributed by atoms with van der Waals surface area (Å²) in [4.78, 5) is 4.43. The van der Waals surface area contributed by atoms with Gasteiger partial charge >= 0.3 is 0 Å². The van der Waals surface area contributed by atoms with Crippen molar-refractivity contribution >= 4 is 29.9 Å². The zero-order chi connectivity index (χ0) is 17.6. The van der Waals surface area contributed by atoms with Crippen LogP contribution >= 0.6 is 24.0 Å². The molecule has 5 nitrogen and oxygen atoms in total. The second-order valence-corrected chi connectivity index (χ2v) is 7.38. The molecule has 0 heterocycles. The van der Waals surface area contributed by atoms with Gasteiger partial charge in [0.25, 0.3) is 0 Å². The molecule has 0 aliphatic heterocycles. The van der Waals surface area contributed by atoms with E-state index >= 15 is 0 Å². The summed E-state index contributed by atoms with van der Waals surface area (Å²) in [7, 11) is 3.26. The average Bonchev–Trinajstić information content (AvgIpc) is 2.58. The molecule has 0 spiro atoms. The van der Waals surface area contributed by atoms with E-state index in [1.54, 1.807) is 14.2 Å². The molecule has 1 aliphatic rings. The molecular weight excluding hydrogens is 429 g/mol. The number of nitrogens with zero attached hydrogens (tertiary/aromatic N) is 1. The average molecular weight is 461 g/mol. The fourth-order valence-electron chi connectivity index (χ4n) is 3.12. The van der Waals surface area contributed by atoms with Crippen LogP contribution in [-0.2, 0) is 6.54 Å². The molecule has 1 aliphatic carbocycles. The highest BCUT2D eigenvalue weighted by atomic mass is 127. The van der Waals surface area contributed by atoms with Gasteiger partial charge < -0.3 is 20.5 Å². The van der Waals surface area contributed by atoms with Crippen molar-refractivity contribution in [3.8, 4) is 11.5 Å². The van der Waals surface area contributed by atoms with Crippen molar-refractivity contribution in [2.45, 2.75) is 46.1 Å². The van der Waals surface area contributed by atoms with Gasteiger partial charge in [-0.2, -0.15) is 0 Å². The Kier molecular flexibility index (Phi) is 8.82. The van der Waals surface area contributed by atoms with Crippen LogP contribution in [0.25, 0.3) is 0 Å². The Morgan fingerprint density at radius 3 is 2.44 bits per heavy atom. The lowest BCUT2D eigenvalue weighted by Gasteiger charge is -2.34. The van der Waals surface area contributed by atoms with Crippen molar-refractivity contribution in [3.05, 3.63) is 23.8 Å². The predicted octanol–water partition coefficient (Wildman–Crippen LogP) is 3.94. The quantitative estimate of drug-likeness (QED) is 0.383. The topological polar surface area (TPSA) is 68.9 Å². The first-order valence-corrected chi connectivity index (χ1v) is 8.68. The van der Waals surface area contributed by atoms with E-state index in [4.69, 9.17) is 15.2 Å². The van der Waals surface area contributed by atoms with Crippen LogP contribution in [0.4, 0.5) is 0 Å². The van der Waals surface area contributed by atoms with Crippen LogP contribution in [0, 0.1) is 11.3 Å². The molecule has 3 N–H and O–H groups in total. The smallest absolute Gasteiger partial charge is 0.188 e. The molecule has 25 heavy (non-hydrogen) atoms. The van der Waals surface area contributed by atoms with E-state index in [9.17, 15) is 0 Å². The standard InChI is InChI=1S/C19H31N3O2.HI/c1-19(2)9-7-14(8-10-19)12-21-18(20)22-13-15-5-6-16(23-3)17(11-15)24-4;/h5-6,11,14H,7-10,12-13H2,1-4H3,(H3,20,21,22);1H. The lowest BCUT2D eigenvalue weighted by molar-refractivity contribution is 0.192. The Labute approximate surface area is 168 Å². The highest BCUT2D eigenvalue weighted by molar-refractivity contribution is 14.0. The maximum absolute atomic E-state index is 6.00. The second kappa shape index (κ2) is 10.1. The molecule has 6 heteroatoms. The Morgan fingerprint density at radius 1 is 1.20 bits per heavy atom. The van der Waals surface area contributed by atoms with Crippen LogP contribution in [0.1, 0.15) is 45.1 Å². The molecule has 142 valence electrons. The first-order valence-electron chi connectivity index (χ1n) is 8.68. The van der Waals surface area contributed by atoms with E-state index in [0.29, 0.717) is 29.6 Å². The Bertz CT molecular complexity index is 566. The van der Waals surface area contributed by atoms with Gasteiger partial charge in [0, 0.05) is 6.54 Å². The normalized spacial score (nSPS) is 17.5. The maximum atomic E-state index is 6.00. The molecule has 1 fully saturated rings. The number of ether oxygens (including phenoxy) is 2. The molecule has 2 rings (SSSR count). The van der Waals surface area contributed by atoms with Crippen LogP contribution in [0.15, 0.2) is 23.2 Å². The molecule has 0 unspecified atom stereocenters. The van der Waals surface area contributed by atoms with E-state index in [1.165, 1.54) is 25.7 Å². The van der Waals surface area contributed by atoms with Gasteiger partial charge in [0.05, 0.1) is 20.8 Å². The fraction of sp³-hybridized carbons (Fsp3) is 0.632. The Hall–Kier alpha value is -1.18. The highest BCUT2D eigenvalue weighted by Gasteiger charge is 2.26. The van der Waals surface area contributed by atoms with Gasteiger partial charge in [0.1, 0.15) is 0 Å². The van der Waals surface area contributed by atoms with Gasteiger partial charge in [-0.15, -0.1) is 24.0 Å². The zero-order valence-corrected chi connectivity index (χ0v) is 18.1. The summed E-state index contributed by atoms with van der Waals surface area (Å²) in [5.41, 5.74) is 7.54. The predicted molar refractivity (Wildman–Crippen MR) is 114 cm³/mol. The number of methoxy groups -OCH3 is 2. The van der Waals surface area contributed by atoms with E-state index in [-0.39, 0.29) is 24.0 Å². The fourth-order valence-corrected chi connectivity index (χ4v) is 3.12. The third-order valence-corrected chi connectivity index (χ3v) is 4.91. The number of aliphatic imine (C=N–C) groups is 1. The Balaban J connectivity index is 0.00000312. The van der Waals surface area contributed by atoms with Gasteiger partial charge in [0.15, 0.2) is 17.5 Å². The maximum Gasteiger partial charge on any atom is 0.188 e. The largest absolute Gasteiger partial charge is 0.493 e. The van der Waals surface area contributed by atoms with Gasteiger partial charge in [-0.25, -0.2) is 4.99 Å². The number of rotatable bonds is 6. The van der Waals surface area contributed by atoms with E-state index < -0.39 is 0 Å². The molecule has 0 aromatic heterocycles. The van der Waals surface area contributed by atoms with E-state index in [2.05, 4.69) is 24.2 Å².